The number of aryl methyl sites for hydroxylation is 1. The van der Waals surface area contributed by atoms with Crippen LogP contribution in [0.4, 0.5) is 4.39 Å². The third-order valence-corrected chi connectivity index (χ3v) is 7.56. The first-order valence-corrected chi connectivity index (χ1v) is 12.8. The first-order valence-electron chi connectivity index (χ1n) is 12.4. The summed E-state index contributed by atoms with van der Waals surface area (Å²) in [6.45, 7) is 3.50. The van der Waals surface area contributed by atoms with Gasteiger partial charge in [0.1, 0.15) is 11.4 Å². The van der Waals surface area contributed by atoms with Crippen molar-refractivity contribution in [2.24, 2.45) is 0 Å². The SMILES string of the molecule is CC(CCc1c[nH]c2c(Cl)cccc12)NCCCC1(c2ccc(F)cc2)OCc2cc(C#N)ccc21. The van der Waals surface area contributed by atoms with Gasteiger partial charge in [-0.15, -0.1) is 0 Å². The van der Waals surface area contributed by atoms with Gasteiger partial charge in [-0.2, -0.15) is 5.26 Å². The Morgan fingerprint density at radius 3 is 2.83 bits per heavy atom. The van der Waals surface area contributed by atoms with Crippen LogP contribution in [0.5, 0.6) is 0 Å². The number of nitrogens with zero attached hydrogens (tertiary/aromatic N) is 1. The summed E-state index contributed by atoms with van der Waals surface area (Å²) in [6, 6.07) is 20.9. The molecule has 4 nitrogen and oxygen atoms in total. The van der Waals surface area contributed by atoms with Crippen LogP contribution in [-0.4, -0.2) is 17.6 Å². The Morgan fingerprint density at radius 1 is 1.19 bits per heavy atom. The van der Waals surface area contributed by atoms with E-state index in [-0.39, 0.29) is 5.82 Å². The number of aromatic nitrogens is 1. The summed E-state index contributed by atoms with van der Waals surface area (Å²) in [5.74, 6) is -0.264. The number of hydrogen-bond donors (Lipinski definition) is 2. The van der Waals surface area contributed by atoms with Crippen molar-refractivity contribution in [3.8, 4) is 6.07 Å². The first-order chi connectivity index (χ1) is 17.5. The topological polar surface area (TPSA) is 60.8 Å². The Balaban J connectivity index is 1.22. The van der Waals surface area contributed by atoms with Crippen molar-refractivity contribution in [1.29, 1.82) is 5.26 Å². The van der Waals surface area contributed by atoms with Crippen molar-refractivity contribution in [1.82, 2.24) is 10.3 Å². The average molecular weight is 502 g/mol. The molecule has 1 aromatic heterocycles. The lowest BCUT2D eigenvalue weighted by Crippen LogP contribution is -2.31. The van der Waals surface area contributed by atoms with Crippen LogP contribution in [-0.2, 0) is 23.4 Å². The summed E-state index contributed by atoms with van der Waals surface area (Å²) < 4.78 is 20.1. The van der Waals surface area contributed by atoms with Gasteiger partial charge in [0, 0.05) is 17.6 Å². The van der Waals surface area contributed by atoms with Crippen LogP contribution in [0.15, 0.2) is 66.9 Å². The maximum atomic E-state index is 13.7. The van der Waals surface area contributed by atoms with Crippen molar-refractivity contribution in [2.45, 2.75) is 50.9 Å². The minimum absolute atomic E-state index is 0.264. The summed E-state index contributed by atoms with van der Waals surface area (Å²) in [4.78, 5) is 3.29. The maximum absolute atomic E-state index is 13.7. The second-order valence-electron chi connectivity index (χ2n) is 9.58. The fourth-order valence-corrected chi connectivity index (χ4v) is 5.54. The molecule has 5 rings (SSSR count). The predicted molar refractivity (Wildman–Crippen MR) is 141 cm³/mol. The lowest BCUT2D eigenvalue weighted by atomic mass is 9.81. The van der Waals surface area contributed by atoms with Crippen LogP contribution < -0.4 is 5.32 Å². The number of hydrogen-bond acceptors (Lipinski definition) is 3. The molecule has 0 saturated heterocycles. The molecule has 2 N–H and O–H groups in total. The average Bonchev–Trinajstić information content (AvgIpc) is 3.48. The fraction of sp³-hybridized carbons (Fsp3) is 0.300. The summed E-state index contributed by atoms with van der Waals surface area (Å²) in [5.41, 5.74) is 5.31. The number of nitrogens with one attached hydrogen (secondary N) is 2. The van der Waals surface area contributed by atoms with Crippen LogP contribution in [0, 0.1) is 17.1 Å². The standard InChI is InChI=1S/C30H29ClFN3O/c1-20(6-8-22-18-35-29-26(22)4-2-5-28(29)31)34-15-3-14-30(24-9-11-25(32)12-10-24)27-13-7-21(17-33)16-23(27)19-36-30/h2,4-5,7,9-13,16,18,20,34-35H,3,6,8,14-15,19H2,1H3. The molecule has 36 heavy (non-hydrogen) atoms. The van der Waals surface area contributed by atoms with Gasteiger partial charge in [0.25, 0.3) is 0 Å². The zero-order chi connectivity index (χ0) is 25.1. The Morgan fingerprint density at radius 2 is 2.03 bits per heavy atom. The molecule has 2 heterocycles. The maximum Gasteiger partial charge on any atom is 0.123 e. The Hall–Kier alpha value is -3.17. The van der Waals surface area contributed by atoms with E-state index in [2.05, 4.69) is 35.6 Å². The van der Waals surface area contributed by atoms with E-state index in [0.717, 1.165) is 59.5 Å². The van der Waals surface area contributed by atoms with Gasteiger partial charge in [-0.1, -0.05) is 41.9 Å². The van der Waals surface area contributed by atoms with Gasteiger partial charge in [-0.25, -0.2) is 4.39 Å². The Labute approximate surface area is 216 Å². The molecule has 4 aromatic rings. The molecule has 3 aromatic carbocycles. The summed E-state index contributed by atoms with van der Waals surface area (Å²) in [5, 5.41) is 14.9. The van der Waals surface area contributed by atoms with E-state index in [1.807, 2.05) is 42.5 Å². The zero-order valence-corrected chi connectivity index (χ0v) is 21.0. The third kappa shape index (κ3) is 4.77. The van der Waals surface area contributed by atoms with Gasteiger partial charge in [0.05, 0.1) is 28.8 Å². The van der Waals surface area contributed by atoms with Gasteiger partial charge in [0.15, 0.2) is 0 Å². The summed E-state index contributed by atoms with van der Waals surface area (Å²) in [7, 11) is 0. The van der Waals surface area contributed by atoms with Gasteiger partial charge in [-0.05, 0) is 91.7 Å². The Bertz CT molecular complexity index is 1410. The lowest BCUT2D eigenvalue weighted by Gasteiger charge is -2.31. The number of H-pyrrole nitrogens is 1. The van der Waals surface area contributed by atoms with Crippen molar-refractivity contribution in [2.75, 3.05) is 6.54 Å². The first kappa shape index (κ1) is 24.5. The van der Waals surface area contributed by atoms with Crippen LogP contribution in [0.25, 0.3) is 10.9 Å². The number of halogens is 2. The molecular formula is C30H29ClFN3O. The number of ether oxygens (including phenoxy) is 1. The third-order valence-electron chi connectivity index (χ3n) is 7.25. The number of fused-ring (bicyclic) bond motifs is 2. The molecule has 6 heteroatoms. The van der Waals surface area contributed by atoms with E-state index in [1.165, 1.54) is 23.1 Å². The molecule has 0 aliphatic carbocycles. The van der Waals surface area contributed by atoms with Crippen LogP contribution in [0.1, 0.15) is 54.0 Å². The van der Waals surface area contributed by atoms with Gasteiger partial charge < -0.3 is 15.0 Å². The highest BCUT2D eigenvalue weighted by molar-refractivity contribution is 6.35. The molecule has 0 amide bonds. The molecule has 1 aliphatic rings. The highest BCUT2D eigenvalue weighted by atomic mass is 35.5. The summed E-state index contributed by atoms with van der Waals surface area (Å²) in [6.07, 6.45) is 5.69. The van der Waals surface area contributed by atoms with E-state index >= 15 is 0 Å². The van der Waals surface area contributed by atoms with Gasteiger partial charge in [0.2, 0.25) is 0 Å². The van der Waals surface area contributed by atoms with E-state index in [0.29, 0.717) is 18.2 Å². The highest BCUT2D eigenvalue weighted by Crippen LogP contribution is 2.45. The molecule has 2 unspecified atom stereocenters. The number of nitriles is 1. The molecule has 0 bridgehead atoms. The normalized spacial score (nSPS) is 17.7. The van der Waals surface area contributed by atoms with Crippen LogP contribution in [0.2, 0.25) is 5.02 Å². The lowest BCUT2D eigenvalue weighted by molar-refractivity contribution is -0.0130. The minimum Gasteiger partial charge on any atom is -0.361 e. The van der Waals surface area contributed by atoms with Crippen molar-refractivity contribution in [3.63, 3.8) is 0 Å². The second-order valence-corrected chi connectivity index (χ2v) is 9.99. The molecule has 0 fully saturated rings. The summed E-state index contributed by atoms with van der Waals surface area (Å²) >= 11 is 6.29. The van der Waals surface area contributed by atoms with E-state index in [4.69, 9.17) is 16.3 Å². The Kier molecular flexibility index (Phi) is 7.11. The molecule has 184 valence electrons. The monoisotopic (exact) mass is 501 g/mol. The molecular weight excluding hydrogens is 473 g/mol. The van der Waals surface area contributed by atoms with E-state index in [1.54, 1.807) is 0 Å². The van der Waals surface area contributed by atoms with Gasteiger partial charge in [-0.3, -0.25) is 0 Å². The van der Waals surface area contributed by atoms with Crippen molar-refractivity contribution >= 4 is 22.5 Å². The zero-order valence-electron chi connectivity index (χ0n) is 20.3. The smallest absolute Gasteiger partial charge is 0.123 e. The molecule has 0 saturated carbocycles. The highest BCUT2D eigenvalue weighted by Gasteiger charge is 2.41. The number of rotatable bonds is 9. The predicted octanol–water partition coefficient (Wildman–Crippen LogP) is 7.00. The van der Waals surface area contributed by atoms with Crippen molar-refractivity contribution < 1.29 is 9.13 Å². The largest absolute Gasteiger partial charge is 0.361 e. The number of aromatic amines is 1. The quantitative estimate of drug-likeness (QED) is 0.243. The second kappa shape index (κ2) is 10.4. The molecule has 1 aliphatic heterocycles. The number of para-hydroxylation sites is 1. The minimum atomic E-state index is -0.634. The molecule has 0 spiro atoms. The van der Waals surface area contributed by atoms with Gasteiger partial charge >= 0.3 is 0 Å². The molecule has 0 radical (unpaired) electrons. The fourth-order valence-electron chi connectivity index (χ4n) is 5.31. The van der Waals surface area contributed by atoms with Crippen LogP contribution in [0.3, 0.4) is 0 Å². The number of benzene rings is 3. The molecule has 2 atom stereocenters. The van der Waals surface area contributed by atoms with E-state index in [9.17, 15) is 9.65 Å². The van der Waals surface area contributed by atoms with Crippen molar-refractivity contribution in [3.05, 3.63) is 106 Å². The van der Waals surface area contributed by atoms with Crippen LogP contribution >= 0.6 is 11.6 Å². The van der Waals surface area contributed by atoms with E-state index < -0.39 is 5.60 Å².